The molecule has 2 amide bonds. The van der Waals surface area contributed by atoms with Crippen LogP contribution in [0.4, 0.5) is 9.18 Å². The number of halogens is 2. The molecule has 1 atom stereocenters. The topological polar surface area (TPSA) is 50.8 Å². The molecular formula is C19H24ClFN2O3. The van der Waals surface area contributed by atoms with Gasteiger partial charge in [0.2, 0.25) is 0 Å². The van der Waals surface area contributed by atoms with Gasteiger partial charge in [0, 0.05) is 19.2 Å². The van der Waals surface area contributed by atoms with E-state index in [-0.39, 0.29) is 30.3 Å². The fourth-order valence-electron chi connectivity index (χ4n) is 2.49. The van der Waals surface area contributed by atoms with Gasteiger partial charge in [0.25, 0.3) is 0 Å². The maximum absolute atomic E-state index is 13.0. The molecule has 0 bridgehead atoms. The average Bonchev–Trinajstić information content (AvgIpc) is 2.62. The molecule has 2 aromatic rings. The van der Waals surface area contributed by atoms with Gasteiger partial charge < -0.3 is 19.7 Å². The van der Waals surface area contributed by atoms with Gasteiger partial charge >= 0.3 is 6.03 Å². The van der Waals surface area contributed by atoms with E-state index in [2.05, 4.69) is 5.32 Å². The minimum absolute atomic E-state index is 0. The lowest BCUT2D eigenvalue weighted by atomic mass is 10.1. The number of urea groups is 1. The van der Waals surface area contributed by atoms with Crippen molar-refractivity contribution in [2.45, 2.75) is 19.5 Å². The van der Waals surface area contributed by atoms with Crippen molar-refractivity contribution >= 4 is 18.4 Å². The lowest BCUT2D eigenvalue weighted by molar-refractivity contribution is 0.203. The summed E-state index contributed by atoms with van der Waals surface area (Å²) in [5, 5.41) is 2.93. The monoisotopic (exact) mass is 382 g/mol. The Morgan fingerprint density at radius 2 is 1.81 bits per heavy atom. The molecule has 1 unspecified atom stereocenters. The lowest BCUT2D eigenvalue weighted by Gasteiger charge is -2.23. The minimum atomic E-state index is -0.297. The zero-order valence-corrected chi connectivity index (χ0v) is 16.1. The number of hydrogen-bond acceptors (Lipinski definition) is 3. The largest absolute Gasteiger partial charge is 0.497 e. The summed E-state index contributed by atoms with van der Waals surface area (Å²) in [7, 11) is 4.86. The van der Waals surface area contributed by atoms with Crippen LogP contribution in [-0.2, 0) is 6.54 Å². The molecule has 0 aliphatic heterocycles. The van der Waals surface area contributed by atoms with Crippen molar-refractivity contribution in [3.8, 4) is 11.5 Å². The normalized spacial score (nSPS) is 11.1. The second-order valence-corrected chi connectivity index (χ2v) is 5.76. The number of rotatable bonds is 6. The van der Waals surface area contributed by atoms with Crippen LogP contribution >= 0.6 is 12.4 Å². The van der Waals surface area contributed by atoms with Crippen molar-refractivity contribution in [3.05, 3.63) is 59.4 Å². The Morgan fingerprint density at radius 3 is 2.38 bits per heavy atom. The summed E-state index contributed by atoms with van der Waals surface area (Å²) in [5.74, 6) is 1.07. The van der Waals surface area contributed by atoms with E-state index in [4.69, 9.17) is 9.47 Å². The van der Waals surface area contributed by atoms with Crippen LogP contribution in [0.2, 0.25) is 0 Å². The Hall–Kier alpha value is -2.47. The first-order valence-corrected chi connectivity index (χ1v) is 7.92. The van der Waals surface area contributed by atoms with Gasteiger partial charge in [-0.15, -0.1) is 12.4 Å². The molecule has 5 nitrogen and oxygen atoms in total. The molecule has 0 saturated heterocycles. The molecule has 1 N–H and O–H groups in total. The highest BCUT2D eigenvalue weighted by molar-refractivity contribution is 5.85. The molecule has 7 heteroatoms. The molecule has 0 fully saturated rings. The average molecular weight is 383 g/mol. The SMILES string of the molecule is COc1ccc(OC)c(C(C)NC(=O)N(C)Cc2ccc(F)cc2)c1.Cl. The van der Waals surface area contributed by atoms with Crippen LogP contribution in [0.3, 0.4) is 0 Å². The van der Waals surface area contributed by atoms with Gasteiger partial charge in [0.15, 0.2) is 0 Å². The number of nitrogens with one attached hydrogen (secondary N) is 1. The summed E-state index contributed by atoms with van der Waals surface area (Å²) < 4.78 is 23.6. The first-order chi connectivity index (χ1) is 11.9. The zero-order valence-electron chi connectivity index (χ0n) is 15.3. The van der Waals surface area contributed by atoms with E-state index in [1.165, 1.54) is 17.0 Å². The predicted octanol–water partition coefficient (Wildman–Crippen LogP) is 4.17. The van der Waals surface area contributed by atoms with Gasteiger partial charge in [0.1, 0.15) is 17.3 Å². The van der Waals surface area contributed by atoms with E-state index in [9.17, 15) is 9.18 Å². The van der Waals surface area contributed by atoms with E-state index < -0.39 is 0 Å². The fraction of sp³-hybridized carbons (Fsp3) is 0.316. The van der Waals surface area contributed by atoms with Gasteiger partial charge in [0.05, 0.1) is 20.3 Å². The predicted molar refractivity (Wildman–Crippen MR) is 102 cm³/mol. The van der Waals surface area contributed by atoms with Crippen molar-refractivity contribution < 1.29 is 18.7 Å². The quantitative estimate of drug-likeness (QED) is 0.815. The molecule has 26 heavy (non-hydrogen) atoms. The number of benzene rings is 2. The lowest BCUT2D eigenvalue weighted by Crippen LogP contribution is -2.38. The molecule has 2 rings (SSSR count). The number of nitrogens with zero attached hydrogens (tertiary/aromatic N) is 1. The molecule has 2 aromatic carbocycles. The molecule has 0 aliphatic rings. The fourth-order valence-corrected chi connectivity index (χ4v) is 2.49. The Labute approximate surface area is 159 Å². The van der Waals surface area contributed by atoms with E-state index in [1.54, 1.807) is 45.5 Å². The van der Waals surface area contributed by atoms with E-state index >= 15 is 0 Å². The summed E-state index contributed by atoms with van der Waals surface area (Å²) in [6.45, 7) is 2.26. The number of methoxy groups -OCH3 is 2. The number of ether oxygens (including phenoxy) is 2. The van der Waals surface area contributed by atoms with Gasteiger partial charge in [-0.2, -0.15) is 0 Å². The Bertz CT molecular complexity index is 725. The molecule has 142 valence electrons. The molecule has 0 aromatic heterocycles. The third kappa shape index (κ3) is 5.52. The van der Waals surface area contributed by atoms with Crippen molar-refractivity contribution in [3.63, 3.8) is 0 Å². The molecular weight excluding hydrogens is 359 g/mol. The van der Waals surface area contributed by atoms with Crippen LogP contribution in [0.15, 0.2) is 42.5 Å². The maximum Gasteiger partial charge on any atom is 0.317 e. The number of hydrogen-bond donors (Lipinski definition) is 1. The van der Waals surface area contributed by atoms with Crippen LogP contribution in [0.25, 0.3) is 0 Å². The smallest absolute Gasteiger partial charge is 0.317 e. The van der Waals surface area contributed by atoms with Gasteiger partial charge in [-0.1, -0.05) is 12.1 Å². The van der Waals surface area contributed by atoms with Gasteiger partial charge in [-0.05, 0) is 42.8 Å². The third-order valence-electron chi connectivity index (χ3n) is 3.92. The highest BCUT2D eigenvalue weighted by Gasteiger charge is 2.17. The third-order valence-corrected chi connectivity index (χ3v) is 3.92. The van der Waals surface area contributed by atoms with Crippen LogP contribution < -0.4 is 14.8 Å². The van der Waals surface area contributed by atoms with Crippen LogP contribution in [0, 0.1) is 5.82 Å². The summed E-state index contributed by atoms with van der Waals surface area (Å²) in [6.07, 6.45) is 0. The second-order valence-electron chi connectivity index (χ2n) is 5.76. The summed E-state index contributed by atoms with van der Waals surface area (Å²) in [5.41, 5.74) is 1.68. The number of amides is 2. The zero-order chi connectivity index (χ0) is 18.4. The highest BCUT2D eigenvalue weighted by atomic mass is 35.5. The molecule has 0 spiro atoms. The Morgan fingerprint density at radius 1 is 1.15 bits per heavy atom. The van der Waals surface area contributed by atoms with Crippen molar-refractivity contribution in [1.29, 1.82) is 0 Å². The second kappa shape index (κ2) is 9.87. The van der Waals surface area contributed by atoms with E-state index in [1.807, 2.05) is 13.0 Å². The minimum Gasteiger partial charge on any atom is -0.497 e. The highest BCUT2D eigenvalue weighted by Crippen LogP contribution is 2.29. The first kappa shape index (κ1) is 21.6. The molecule has 0 aliphatic carbocycles. The van der Waals surface area contributed by atoms with Gasteiger partial charge in [-0.3, -0.25) is 0 Å². The van der Waals surface area contributed by atoms with Crippen molar-refractivity contribution in [2.75, 3.05) is 21.3 Å². The standard InChI is InChI=1S/C19H23FN2O3.ClH/c1-13(17-11-16(24-3)9-10-18(17)25-4)21-19(23)22(2)12-14-5-7-15(20)8-6-14;/h5-11,13H,12H2,1-4H3,(H,21,23);1H. The van der Waals surface area contributed by atoms with E-state index in [0.717, 1.165) is 11.1 Å². The van der Waals surface area contributed by atoms with Crippen molar-refractivity contribution in [2.24, 2.45) is 0 Å². The molecule has 0 saturated carbocycles. The first-order valence-electron chi connectivity index (χ1n) is 7.92. The van der Waals surface area contributed by atoms with Crippen LogP contribution in [0.1, 0.15) is 24.1 Å². The number of carbonyl (C=O) groups excluding carboxylic acids is 1. The summed E-state index contributed by atoms with van der Waals surface area (Å²) in [4.78, 5) is 14.0. The summed E-state index contributed by atoms with van der Waals surface area (Å²) in [6, 6.07) is 11.0. The maximum atomic E-state index is 13.0. The van der Waals surface area contributed by atoms with Gasteiger partial charge in [-0.25, -0.2) is 9.18 Å². The Balaban J connectivity index is 0.00000338. The molecule has 0 heterocycles. The van der Waals surface area contributed by atoms with Crippen molar-refractivity contribution in [1.82, 2.24) is 10.2 Å². The van der Waals surface area contributed by atoms with Crippen LogP contribution in [0.5, 0.6) is 11.5 Å². The summed E-state index contributed by atoms with van der Waals surface area (Å²) >= 11 is 0. The Kier molecular flexibility index (Phi) is 8.19. The number of carbonyl (C=O) groups is 1. The molecule has 0 radical (unpaired) electrons. The van der Waals surface area contributed by atoms with E-state index in [0.29, 0.717) is 18.0 Å². The van der Waals surface area contributed by atoms with Crippen LogP contribution in [-0.4, -0.2) is 32.2 Å².